The Balaban J connectivity index is 1.56. The highest BCUT2D eigenvalue weighted by molar-refractivity contribution is 5.79. The van der Waals surface area contributed by atoms with Crippen molar-refractivity contribution in [1.29, 1.82) is 0 Å². The molecular weight excluding hydrogens is 376 g/mol. The number of fused-ring (bicyclic) bond motifs is 2. The largest absolute Gasteiger partial charge is 0.480 e. The van der Waals surface area contributed by atoms with Gasteiger partial charge in [0.1, 0.15) is 6.04 Å². The van der Waals surface area contributed by atoms with Crippen molar-refractivity contribution < 1.29 is 9.90 Å². The lowest BCUT2D eigenvalue weighted by Crippen LogP contribution is -2.35. The number of aromatic nitrogens is 2. The minimum absolute atomic E-state index is 0.365. The molecule has 0 radical (unpaired) electrons. The summed E-state index contributed by atoms with van der Waals surface area (Å²) in [6.07, 6.45) is 2.24. The fourth-order valence-electron chi connectivity index (χ4n) is 3.55. The first kappa shape index (κ1) is 19.9. The Bertz CT molecular complexity index is 1100. The van der Waals surface area contributed by atoms with Crippen LogP contribution in [0.4, 0.5) is 0 Å². The first-order valence-electron chi connectivity index (χ1n) is 9.97. The number of aliphatic carboxylic acids is 1. The summed E-state index contributed by atoms with van der Waals surface area (Å²) in [7, 11) is 0. The molecule has 152 valence electrons. The van der Waals surface area contributed by atoms with Crippen LogP contribution in [0.2, 0.25) is 0 Å². The lowest BCUT2D eigenvalue weighted by atomic mass is 10.1. The number of para-hydroxylation sites is 2. The zero-order valence-corrected chi connectivity index (χ0v) is 16.6. The van der Waals surface area contributed by atoms with Gasteiger partial charge in [-0.25, -0.2) is 0 Å². The Labute approximate surface area is 175 Å². The van der Waals surface area contributed by atoms with Gasteiger partial charge < -0.3 is 10.8 Å². The van der Waals surface area contributed by atoms with Gasteiger partial charge in [0.25, 0.3) is 0 Å². The highest BCUT2D eigenvalue weighted by Crippen LogP contribution is 2.17. The van der Waals surface area contributed by atoms with Crippen LogP contribution in [0.15, 0.2) is 72.9 Å². The van der Waals surface area contributed by atoms with Crippen LogP contribution < -0.4 is 5.73 Å². The fourth-order valence-corrected chi connectivity index (χ4v) is 3.55. The topological polar surface area (TPSA) is 92.3 Å². The van der Waals surface area contributed by atoms with Crippen molar-refractivity contribution >= 4 is 27.8 Å². The van der Waals surface area contributed by atoms with E-state index in [1.807, 2.05) is 60.8 Å². The molecule has 6 heteroatoms. The Morgan fingerprint density at radius 1 is 0.967 bits per heavy atom. The van der Waals surface area contributed by atoms with E-state index in [0.717, 1.165) is 33.1 Å². The molecule has 4 aromatic rings. The quantitative estimate of drug-likeness (QED) is 0.470. The van der Waals surface area contributed by atoms with E-state index in [1.165, 1.54) is 0 Å². The van der Waals surface area contributed by atoms with Crippen LogP contribution in [0.5, 0.6) is 0 Å². The number of carboxylic acids is 1. The maximum Gasteiger partial charge on any atom is 0.320 e. The lowest BCUT2D eigenvalue weighted by molar-refractivity contribution is -0.138. The molecule has 0 saturated carbocycles. The highest BCUT2D eigenvalue weighted by atomic mass is 16.4. The number of hydrogen-bond donors (Lipinski definition) is 2. The molecule has 2 aromatic carbocycles. The van der Waals surface area contributed by atoms with Gasteiger partial charge in [-0.05, 0) is 36.2 Å². The van der Waals surface area contributed by atoms with Crippen LogP contribution in [0.3, 0.4) is 0 Å². The van der Waals surface area contributed by atoms with Gasteiger partial charge in [-0.3, -0.25) is 19.7 Å². The predicted molar refractivity (Wildman–Crippen MR) is 118 cm³/mol. The number of carboxylic acid groups (broad SMARTS) is 1. The van der Waals surface area contributed by atoms with E-state index in [-0.39, 0.29) is 0 Å². The van der Waals surface area contributed by atoms with Crippen molar-refractivity contribution in [3.05, 3.63) is 84.2 Å². The minimum Gasteiger partial charge on any atom is -0.480 e. The maximum absolute atomic E-state index is 11.2. The van der Waals surface area contributed by atoms with Gasteiger partial charge in [0.2, 0.25) is 0 Å². The third-order valence-corrected chi connectivity index (χ3v) is 5.17. The standard InChI is InChI=1S/C24H24N4O2/c25-21(24(29)30)11-12-28(15-17-13-19-6-2-3-7-22(19)26-14-17)16-20-10-9-18-5-1-4-8-23(18)27-20/h1-10,13-14,21H,11-12,15-16,25H2,(H,29,30)/t21-/m0/s1. The van der Waals surface area contributed by atoms with E-state index in [2.05, 4.69) is 22.0 Å². The monoisotopic (exact) mass is 400 g/mol. The molecule has 6 nitrogen and oxygen atoms in total. The van der Waals surface area contributed by atoms with E-state index >= 15 is 0 Å². The average molecular weight is 400 g/mol. The summed E-state index contributed by atoms with van der Waals surface area (Å²) >= 11 is 0. The van der Waals surface area contributed by atoms with Crippen LogP contribution >= 0.6 is 0 Å². The molecule has 2 aromatic heterocycles. The van der Waals surface area contributed by atoms with Crippen LogP contribution in [-0.4, -0.2) is 38.5 Å². The smallest absolute Gasteiger partial charge is 0.320 e. The van der Waals surface area contributed by atoms with Crippen LogP contribution in [0, 0.1) is 0 Å². The molecular formula is C24H24N4O2. The van der Waals surface area contributed by atoms with Crippen LogP contribution in [0.1, 0.15) is 17.7 Å². The Morgan fingerprint density at radius 3 is 2.50 bits per heavy atom. The molecule has 0 bridgehead atoms. The van der Waals surface area contributed by atoms with E-state index in [0.29, 0.717) is 26.1 Å². The Hall–Kier alpha value is -3.35. The van der Waals surface area contributed by atoms with E-state index < -0.39 is 12.0 Å². The van der Waals surface area contributed by atoms with Crippen molar-refractivity contribution in [2.45, 2.75) is 25.6 Å². The SMILES string of the molecule is N[C@@H](CCN(Cc1cnc2ccccc2c1)Cc1ccc2ccccc2n1)C(=O)O. The number of hydrogen-bond acceptors (Lipinski definition) is 5. The summed E-state index contributed by atoms with van der Waals surface area (Å²) in [5.74, 6) is -0.980. The third kappa shape index (κ3) is 4.79. The molecule has 0 spiro atoms. The molecule has 0 aliphatic carbocycles. The summed E-state index contributed by atoms with van der Waals surface area (Å²) in [5.41, 5.74) is 9.65. The molecule has 0 amide bonds. The number of rotatable bonds is 8. The summed E-state index contributed by atoms with van der Waals surface area (Å²) in [6, 6.07) is 21.3. The first-order chi connectivity index (χ1) is 14.6. The minimum atomic E-state index is -0.980. The second kappa shape index (κ2) is 8.98. The molecule has 0 aliphatic heterocycles. The molecule has 0 saturated heterocycles. The summed E-state index contributed by atoms with van der Waals surface area (Å²) in [4.78, 5) is 22.6. The van der Waals surface area contributed by atoms with Gasteiger partial charge in [0, 0.05) is 36.6 Å². The first-order valence-corrected chi connectivity index (χ1v) is 9.97. The zero-order chi connectivity index (χ0) is 20.9. The molecule has 1 atom stereocenters. The van der Waals surface area contributed by atoms with Gasteiger partial charge in [0.15, 0.2) is 0 Å². The maximum atomic E-state index is 11.2. The second-order valence-corrected chi connectivity index (χ2v) is 7.48. The van der Waals surface area contributed by atoms with Gasteiger partial charge >= 0.3 is 5.97 Å². The molecule has 0 aliphatic rings. The number of pyridine rings is 2. The molecule has 0 unspecified atom stereocenters. The Kier molecular flexibility index (Phi) is 5.97. The van der Waals surface area contributed by atoms with Crippen LogP contribution in [-0.2, 0) is 17.9 Å². The summed E-state index contributed by atoms with van der Waals surface area (Å²) < 4.78 is 0. The number of benzene rings is 2. The van der Waals surface area contributed by atoms with Gasteiger partial charge in [0.05, 0.1) is 16.7 Å². The fraction of sp³-hybridized carbons (Fsp3) is 0.208. The summed E-state index contributed by atoms with van der Waals surface area (Å²) in [5, 5.41) is 11.3. The van der Waals surface area contributed by atoms with Crippen molar-refractivity contribution in [3.63, 3.8) is 0 Å². The van der Waals surface area contributed by atoms with E-state index in [4.69, 9.17) is 15.8 Å². The van der Waals surface area contributed by atoms with Crippen molar-refractivity contribution in [1.82, 2.24) is 14.9 Å². The van der Waals surface area contributed by atoms with E-state index in [1.54, 1.807) is 0 Å². The second-order valence-electron chi connectivity index (χ2n) is 7.48. The van der Waals surface area contributed by atoms with E-state index in [9.17, 15) is 4.79 Å². The molecule has 2 heterocycles. The number of nitrogens with zero attached hydrogens (tertiary/aromatic N) is 3. The number of carbonyl (C=O) groups is 1. The predicted octanol–water partition coefficient (Wildman–Crippen LogP) is 3.59. The van der Waals surface area contributed by atoms with Gasteiger partial charge in [-0.1, -0.05) is 42.5 Å². The zero-order valence-electron chi connectivity index (χ0n) is 16.6. The normalized spacial score (nSPS) is 12.5. The lowest BCUT2D eigenvalue weighted by Gasteiger charge is -2.23. The Morgan fingerprint density at radius 2 is 1.70 bits per heavy atom. The molecule has 3 N–H and O–H groups in total. The average Bonchev–Trinajstić information content (AvgIpc) is 2.77. The summed E-state index contributed by atoms with van der Waals surface area (Å²) in [6.45, 7) is 1.79. The number of nitrogens with two attached hydrogens (primary N) is 1. The van der Waals surface area contributed by atoms with Gasteiger partial charge in [-0.15, -0.1) is 0 Å². The molecule has 30 heavy (non-hydrogen) atoms. The molecule has 0 fully saturated rings. The van der Waals surface area contributed by atoms with Crippen molar-refractivity contribution in [2.75, 3.05) is 6.54 Å². The highest BCUT2D eigenvalue weighted by Gasteiger charge is 2.15. The third-order valence-electron chi connectivity index (χ3n) is 5.17. The van der Waals surface area contributed by atoms with Crippen LogP contribution in [0.25, 0.3) is 21.8 Å². The molecule has 4 rings (SSSR count). The van der Waals surface area contributed by atoms with Crippen molar-refractivity contribution in [3.8, 4) is 0 Å². The van der Waals surface area contributed by atoms with Gasteiger partial charge in [-0.2, -0.15) is 0 Å². The van der Waals surface area contributed by atoms with Crippen molar-refractivity contribution in [2.24, 2.45) is 5.73 Å².